The maximum Gasteiger partial charge on any atom is 0.334 e. The SMILES string of the molecule is CCC(Nc1ccc(C#N)cc1)(C(=O)O)c1cc(Cl)cc(Cl)c1OCCOCCO. The molecule has 3 N–H and O–H groups in total. The number of ether oxygens (including phenoxy) is 2. The Labute approximate surface area is 184 Å². The van der Waals surface area contributed by atoms with Crippen LogP contribution in [0.1, 0.15) is 24.5 Å². The van der Waals surface area contributed by atoms with E-state index >= 15 is 0 Å². The van der Waals surface area contributed by atoms with Crippen LogP contribution in [0.3, 0.4) is 0 Å². The molecule has 0 radical (unpaired) electrons. The molecule has 30 heavy (non-hydrogen) atoms. The lowest BCUT2D eigenvalue weighted by molar-refractivity contribution is -0.142. The van der Waals surface area contributed by atoms with E-state index in [2.05, 4.69) is 5.32 Å². The topological polar surface area (TPSA) is 112 Å². The van der Waals surface area contributed by atoms with E-state index in [1.807, 2.05) is 6.07 Å². The summed E-state index contributed by atoms with van der Waals surface area (Å²) in [5.41, 5.74) is -0.368. The Balaban J connectivity index is 2.46. The molecule has 0 aliphatic rings. The van der Waals surface area contributed by atoms with E-state index in [0.717, 1.165) is 0 Å². The predicted octanol–water partition coefficient (Wildman–Crippen LogP) is 4.05. The zero-order valence-electron chi connectivity index (χ0n) is 16.3. The van der Waals surface area contributed by atoms with E-state index in [1.165, 1.54) is 12.1 Å². The number of hydrogen-bond donors (Lipinski definition) is 3. The molecule has 2 rings (SSSR count). The van der Waals surface area contributed by atoms with E-state index in [1.54, 1.807) is 31.2 Å². The first-order valence-electron chi connectivity index (χ1n) is 9.20. The predicted molar refractivity (Wildman–Crippen MR) is 114 cm³/mol. The molecule has 160 valence electrons. The largest absolute Gasteiger partial charge is 0.489 e. The van der Waals surface area contributed by atoms with Crippen LogP contribution in [-0.2, 0) is 15.1 Å². The highest BCUT2D eigenvalue weighted by Gasteiger charge is 2.42. The smallest absolute Gasteiger partial charge is 0.334 e. The Morgan fingerprint density at radius 3 is 2.47 bits per heavy atom. The molecular formula is C21H22Cl2N2O5. The van der Waals surface area contributed by atoms with Gasteiger partial charge in [-0.3, -0.25) is 0 Å². The summed E-state index contributed by atoms with van der Waals surface area (Å²) in [6.07, 6.45) is 0.149. The molecule has 0 fully saturated rings. The number of halogens is 2. The number of aliphatic hydroxyl groups is 1. The summed E-state index contributed by atoms with van der Waals surface area (Å²) in [7, 11) is 0. The molecule has 9 heteroatoms. The second kappa shape index (κ2) is 11.0. The molecule has 0 saturated carbocycles. The number of nitrogens with one attached hydrogen (secondary N) is 1. The minimum absolute atomic E-state index is 0.102. The van der Waals surface area contributed by atoms with Crippen molar-refractivity contribution in [3.05, 3.63) is 57.6 Å². The molecule has 7 nitrogen and oxygen atoms in total. The van der Waals surface area contributed by atoms with Crippen LogP contribution in [0.25, 0.3) is 0 Å². The standard InChI is InChI=1S/C21H22Cl2N2O5/c1-2-21(20(27)28,25-16-5-3-14(13-24)4-6-16)17-11-15(22)12-18(23)19(17)30-10-9-29-8-7-26/h3-6,11-12,25-26H,2,7-10H2,1H3,(H,27,28). The Kier molecular flexibility index (Phi) is 8.75. The molecule has 1 atom stereocenters. The van der Waals surface area contributed by atoms with Crippen molar-refractivity contribution in [1.29, 1.82) is 5.26 Å². The van der Waals surface area contributed by atoms with E-state index in [9.17, 15) is 9.90 Å². The Morgan fingerprint density at radius 2 is 1.90 bits per heavy atom. The minimum Gasteiger partial charge on any atom is -0.489 e. The lowest BCUT2D eigenvalue weighted by atomic mass is 9.86. The summed E-state index contributed by atoms with van der Waals surface area (Å²) in [6.45, 7) is 2.06. The van der Waals surface area contributed by atoms with Gasteiger partial charge in [0.15, 0.2) is 5.54 Å². The first kappa shape index (κ1) is 23.8. The number of aliphatic hydroxyl groups excluding tert-OH is 1. The fourth-order valence-corrected chi connectivity index (χ4v) is 3.48. The number of aliphatic carboxylic acids is 1. The van der Waals surface area contributed by atoms with Crippen LogP contribution in [0.2, 0.25) is 10.0 Å². The summed E-state index contributed by atoms with van der Waals surface area (Å²) in [6, 6.07) is 11.4. The zero-order valence-corrected chi connectivity index (χ0v) is 17.8. The summed E-state index contributed by atoms with van der Waals surface area (Å²) < 4.78 is 10.9. The number of carboxylic acids is 1. The van der Waals surface area contributed by atoms with Gasteiger partial charge in [0.2, 0.25) is 0 Å². The fraction of sp³-hybridized carbons (Fsp3) is 0.333. The molecule has 0 spiro atoms. The van der Waals surface area contributed by atoms with Crippen LogP contribution in [0, 0.1) is 11.3 Å². The van der Waals surface area contributed by atoms with Crippen LogP contribution in [0.4, 0.5) is 5.69 Å². The minimum atomic E-state index is -1.59. The third-order valence-corrected chi connectivity index (χ3v) is 4.94. The van der Waals surface area contributed by atoms with E-state index < -0.39 is 11.5 Å². The monoisotopic (exact) mass is 452 g/mol. The summed E-state index contributed by atoms with van der Waals surface area (Å²) in [5, 5.41) is 31.4. The number of hydrogen-bond acceptors (Lipinski definition) is 6. The van der Waals surface area contributed by atoms with E-state index in [-0.39, 0.29) is 54.2 Å². The van der Waals surface area contributed by atoms with Gasteiger partial charge in [-0.15, -0.1) is 0 Å². The molecule has 0 bridgehead atoms. The van der Waals surface area contributed by atoms with E-state index in [4.69, 9.17) is 43.0 Å². The van der Waals surface area contributed by atoms with Crippen molar-refractivity contribution in [3.8, 4) is 11.8 Å². The van der Waals surface area contributed by atoms with Crippen LogP contribution < -0.4 is 10.1 Å². The molecule has 0 heterocycles. The first-order valence-corrected chi connectivity index (χ1v) is 9.96. The van der Waals surface area contributed by atoms with Crippen molar-refractivity contribution < 1.29 is 24.5 Å². The van der Waals surface area contributed by atoms with Gasteiger partial charge < -0.3 is 25.0 Å². The number of rotatable bonds is 11. The second-order valence-corrected chi connectivity index (χ2v) is 7.17. The second-order valence-electron chi connectivity index (χ2n) is 6.33. The highest BCUT2D eigenvalue weighted by molar-refractivity contribution is 6.35. The number of anilines is 1. The van der Waals surface area contributed by atoms with Crippen LogP contribution in [0.5, 0.6) is 5.75 Å². The van der Waals surface area contributed by atoms with Crippen molar-refractivity contribution in [2.75, 3.05) is 31.7 Å². The van der Waals surface area contributed by atoms with Gasteiger partial charge in [-0.05, 0) is 42.8 Å². The molecule has 0 aliphatic heterocycles. The van der Waals surface area contributed by atoms with Gasteiger partial charge in [0.25, 0.3) is 0 Å². The van der Waals surface area contributed by atoms with Gasteiger partial charge in [0, 0.05) is 16.3 Å². The van der Waals surface area contributed by atoms with Crippen molar-refractivity contribution in [2.24, 2.45) is 0 Å². The van der Waals surface area contributed by atoms with Crippen molar-refractivity contribution >= 4 is 34.9 Å². The maximum absolute atomic E-state index is 12.5. The maximum atomic E-state index is 12.5. The lowest BCUT2D eigenvalue weighted by Crippen LogP contribution is -2.43. The molecule has 2 aromatic rings. The van der Waals surface area contributed by atoms with Crippen molar-refractivity contribution in [3.63, 3.8) is 0 Å². The summed E-state index contributed by atoms with van der Waals surface area (Å²) in [5.74, 6) is -0.965. The van der Waals surface area contributed by atoms with Crippen LogP contribution in [-0.4, -0.2) is 42.6 Å². The number of nitrogens with zero attached hydrogens (tertiary/aromatic N) is 1. The molecular weight excluding hydrogens is 431 g/mol. The molecule has 2 aromatic carbocycles. The summed E-state index contributed by atoms with van der Waals surface area (Å²) >= 11 is 12.5. The van der Waals surface area contributed by atoms with E-state index in [0.29, 0.717) is 11.3 Å². The van der Waals surface area contributed by atoms with Gasteiger partial charge in [0.05, 0.1) is 36.5 Å². The highest BCUT2D eigenvalue weighted by Crippen LogP contribution is 2.42. The molecule has 0 saturated heterocycles. The van der Waals surface area contributed by atoms with Crippen LogP contribution in [0.15, 0.2) is 36.4 Å². The number of carboxylic acid groups (broad SMARTS) is 1. The Bertz CT molecular complexity index is 915. The third kappa shape index (κ3) is 5.55. The first-order chi connectivity index (χ1) is 14.4. The number of benzene rings is 2. The van der Waals surface area contributed by atoms with Gasteiger partial charge in [-0.25, -0.2) is 4.79 Å². The van der Waals surface area contributed by atoms with Crippen LogP contribution >= 0.6 is 23.2 Å². The third-order valence-electron chi connectivity index (χ3n) is 4.45. The van der Waals surface area contributed by atoms with Crippen molar-refractivity contribution in [2.45, 2.75) is 18.9 Å². The average Bonchev–Trinajstić information content (AvgIpc) is 2.73. The highest BCUT2D eigenvalue weighted by atomic mass is 35.5. The lowest BCUT2D eigenvalue weighted by Gasteiger charge is -2.33. The van der Waals surface area contributed by atoms with Gasteiger partial charge in [-0.1, -0.05) is 30.1 Å². The normalized spacial score (nSPS) is 12.6. The Morgan fingerprint density at radius 1 is 1.20 bits per heavy atom. The number of carbonyl (C=O) groups is 1. The summed E-state index contributed by atoms with van der Waals surface area (Å²) in [4.78, 5) is 12.5. The zero-order chi connectivity index (χ0) is 22.1. The fourth-order valence-electron chi connectivity index (χ4n) is 2.93. The molecule has 0 aromatic heterocycles. The molecule has 0 amide bonds. The Hall–Kier alpha value is -2.50. The molecule has 0 aliphatic carbocycles. The van der Waals surface area contributed by atoms with Gasteiger partial charge >= 0.3 is 5.97 Å². The molecule has 1 unspecified atom stereocenters. The quantitative estimate of drug-likeness (QED) is 0.440. The number of nitriles is 1. The van der Waals surface area contributed by atoms with Crippen molar-refractivity contribution in [1.82, 2.24) is 0 Å². The van der Waals surface area contributed by atoms with Gasteiger partial charge in [0.1, 0.15) is 12.4 Å². The average molecular weight is 453 g/mol. The van der Waals surface area contributed by atoms with Gasteiger partial charge in [-0.2, -0.15) is 5.26 Å².